The predicted octanol–water partition coefficient (Wildman–Crippen LogP) is 4.82. The summed E-state index contributed by atoms with van der Waals surface area (Å²) in [6.07, 6.45) is -5.01. The van der Waals surface area contributed by atoms with Crippen LogP contribution in [0.25, 0.3) is 10.8 Å². The number of nitrogens with one attached hydrogen (secondary N) is 1. The number of esters is 1. The van der Waals surface area contributed by atoms with Gasteiger partial charge in [0.1, 0.15) is 0 Å². The minimum Gasteiger partial charge on any atom is -0.462 e. The van der Waals surface area contributed by atoms with Crippen LogP contribution < -0.4 is 5.32 Å². The summed E-state index contributed by atoms with van der Waals surface area (Å²) < 4.78 is 50.0. The molecule has 0 spiro atoms. The first kappa shape index (κ1) is 22.9. The monoisotopic (exact) mass is 469 g/mol. The number of alkyl halides is 3. The van der Waals surface area contributed by atoms with Gasteiger partial charge in [-0.2, -0.15) is 13.2 Å². The fourth-order valence-electron chi connectivity index (χ4n) is 2.59. The molecule has 0 aliphatic carbocycles. The van der Waals surface area contributed by atoms with E-state index in [4.69, 9.17) is 9.15 Å². The number of thiazole rings is 1. The summed E-state index contributed by atoms with van der Waals surface area (Å²) in [5, 5.41) is 13.2. The van der Waals surface area contributed by atoms with Crippen molar-refractivity contribution in [3.8, 4) is 10.8 Å². The van der Waals surface area contributed by atoms with E-state index in [1.54, 1.807) is 19.1 Å². The number of aryl methyl sites for hydroxylation is 1. The van der Waals surface area contributed by atoms with E-state index < -0.39 is 46.0 Å². The molecule has 13 heteroatoms. The zero-order valence-electron chi connectivity index (χ0n) is 16.4. The fourth-order valence-corrected chi connectivity index (χ4v) is 3.45. The van der Waals surface area contributed by atoms with Gasteiger partial charge >= 0.3 is 12.1 Å². The highest BCUT2D eigenvalue weighted by molar-refractivity contribution is 7.15. The second-order valence-corrected chi connectivity index (χ2v) is 7.63. The Morgan fingerprint density at radius 3 is 2.62 bits per heavy atom. The zero-order chi connectivity index (χ0) is 23.6. The maximum atomic E-state index is 13.3. The van der Waals surface area contributed by atoms with Crippen molar-refractivity contribution in [2.24, 2.45) is 0 Å². The topological polar surface area (TPSA) is 125 Å². The maximum absolute atomic E-state index is 13.3. The molecule has 168 valence electrons. The van der Waals surface area contributed by atoms with Gasteiger partial charge in [-0.1, -0.05) is 0 Å². The van der Waals surface area contributed by atoms with E-state index in [-0.39, 0.29) is 5.69 Å². The van der Waals surface area contributed by atoms with E-state index in [1.165, 1.54) is 13.2 Å². The minimum atomic E-state index is -4.96. The molecule has 1 amide bonds. The molecule has 3 rings (SSSR count). The largest absolute Gasteiger partial charge is 0.462 e. The normalized spacial score (nSPS) is 12.3. The lowest BCUT2D eigenvalue weighted by atomic mass is 10.1. The van der Waals surface area contributed by atoms with Gasteiger partial charge < -0.3 is 14.5 Å². The molecular weight excluding hydrogens is 455 g/mol. The number of nitrogens with zero attached hydrogens (tertiary/aromatic N) is 2. The number of benzene rings is 1. The Morgan fingerprint density at radius 2 is 2.03 bits per heavy atom. The number of anilines is 1. The van der Waals surface area contributed by atoms with Crippen LogP contribution in [0.15, 0.2) is 41.0 Å². The van der Waals surface area contributed by atoms with Gasteiger partial charge in [0.25, 0.3) is 11.6 Å². The lowest BCUT2D eigenvalue weighted by Crippen LogP contribution is -2.31. The molecule has 1 atom stereocenters. The van der Waals surface area contributed by atoms with E-state index in [0.717, 1.165) is 23.5 Å². The van der Waals surface area contributed by atoms with Gasteiger partial charge in [0.15, 0.2) is 22.6 Å². The van der Waals surface area contributed by atoms with Gasteiger partial charge in [0, 0.05) is 17.0 Å². The van der Waals surface area contributed by atoms with Gasteiger partial charge in [-0.05, 0) is 32.0 Å². The van der Waals surface area contributed by atoms with Gasteiger partial charge in [-0.25, -0.2) is 9.78 Å². The number of ether oxygens (including phenoxy) is 1. The highest BCUT2D eigenvalue weighted by Gasteiger charge is 2.36. The number of nitro benzene ring substituents is 1. The maximum Gasteiger partial charge on any atom is 0.418 e. The Kier molecular flexibility index (Phi) is 6.30. The van der Waals surface area contributed by atoms with Crippen molar-refractivity contribution in [1.29, 1.82) is 0 Å². The lowest BCUT2D eigenvalue weighted by Gasteiger charge is -2.16. The van der Waals surface area contributed by atoms with E-state index >= 15 is 0 Å². The van der Waals surface area contributed by atoms with Crippen LogP contribution in [0.3, 0.4) is 0 Å². The standard InChI is InChI=1S/C19H14F3N3O6S/c1-9(31-18(27)15-10(2)32-17(24-15)14-4-3-7-30-14)16(26)23-13-6-5-11(25(28)29)8-12(13)19(20,21)22/h3-9H,1-2H3,(H,23,26). The molecular formula is C19H14F3N3O6S. The van der Waals surface area contributed by atoms with E-state index in [1.807, 2.05) is 5.32 Å². The highest BCUT2D eigenvalue weighted by Crippen LogP contribution is 2.37. The number of carbonyl (C=O) groups excluding carboxylic acids is 2. The van der Waals surface area contributed by atoms with Crippen molar-refractivity contribution < 1.29 is 36.8 Å². The number of hydrogen-bond donors (Lipinski definition) is 1. The molecule has 1 aromatic carbocycles. The molecule has 1 N–H and O–H groups in total. The molecule has 0 saturated heterocycles. The number of nitro groups is 1. The SMILES string of the molecule is Cc1sc(-c2ccco2)nc1C(=O)OC(C)C(=O)Nc1ccc([N+](=O)[O-])cc1C(F)(F)F. The predicted molar refractivity (Wildman–Crippen MR) is 106 cm³/mol. The molecule has 0 aliphatic rings. The average Bonchev–Trinajstić information content (AvgIpc) is 3.36. The number of furan rings is 1. The third-order valence-corrected chi connectivity index (χ3v) is 5.14. The molecule has 9 nitrogen and oxygen atoms in total. The summed E-state index contributed by atoms with van der Waals surface area (Å²) in [6, 6.07) is 5.17. The fraction of sp³-hybridized carbons (Fsp3) is 0.211. The Bertz CT molecular complexity index is 1170. The van der Waals surface area contributed by atoms with Gasteiger partial charge in [-0.3, -0.25) is 14.9 Å². The summed E-state index contributed by atoms with van der Waals surface area (Å²) in [4.78, 5) is 39.1. The summed E-state index contributed by atoms with van der Waals surface area (Å²) >= 11 is 1.16. The van der Waals surface area contributed by atoms with Crippen LogP contribution in [0, 0.1) is 17.0 Å². The van der Waals surface area contributed by atoms with Crippen molar-refractivity contribution in [2.75, 3.05) is 5.32 Å². The number of halogens is 3. The summed E-state index contributed by atoms with van der Waals surface area (Å²) in [5.74, 6) is -1.57. The Balaban J connectivity index is 1.74. The lowest BCUT2D eigenvalue weighted by molar-refractivity contribution is -0.385. The number of amides is 1. The highest BCUT2D eigenvalue weighted by atomic mass is 32.1. The van der Waals surface area contributed by atoms with Crippen LogP contribution in [-0.4, -0.2) is 27.9 Å². The van der Waals surface area contributed by atoms with Crippen molar-refractivity contribution in [1.82, 2.24) is 4.98 Å². The number of aromatic nitrogens is 1. The molecule has 3 aromatic rings. The quantitative estimate of drug-likeness (QED) is 0.312. The second kappa shape index (κ2) is 8.78. The average molecular weight is 469 g/mol. The number of carbonyl (C=O) groups is 2. The molecule has 32 heavy (non-hydrogen) atoms. The van der Waals surface area contributed by atoms with E-state index in [0.29, 0.717) is 21.7 Å². The Morgan fingerprint density at radius 1 is 1.31 bits per heavy atom. The first-order valence-electron chi connectivity index (χ1n) is 8.86. The zero-order valence-corrected chi connectivity index (χ0v) is 17.2. The van der Waals surface area contributed by atoms with Crippen LogP contribution in [0.4, 0.5) is 24.5 Å². The van der Waals surface area contributed by atoms with Gasteiger partial charge in [0.2, 0.25) is 0 Å². The first-order chi connectivity index (χ1) is 15.0. The third kappa shape index (κ3) is 4.94. The minimum absolute atomic E-state index is 0.0626. The molecule has 0 fully saturated rings. The smallest absolute Gasteiger partial charge is 0.418 e. The molecule has 2 heterocycles. The number of hydrogen-bond acceptors (Lipinski definition) is 8. The molecule has 1 unspecified atom stereocenters. The second-order valence-electron chi connectivity index (χ2n) is 6.42. The molecule has 0 aliphatic heterocycles. The Hall–Kier alpha value is -3.74. The van der Waals surface area contributed by atoms with Crippen LogP contribution in [0.5, 0.6) is 0 Å². The summed E-state index contributed by atoms with van der Waals surface area (Å²) in [6.45, 7) is 2.78. The van der Waals surface area contributed by atoms with Crippen LogP contribution in [0.2, 0.25) is 0 Å². The third-order valence-electron chi connectivity index (χ3n) is 4.15. The van der Waals surface area contributed by atoms with Crippen molar-refractivity contribution >= 4 is 34.6 Å². The van der Waals surface area contributed by atoms with Crippen molar-refractivity contribution in [3.05, 3.63) is 62.8 Å². The molecule has 0 radical (unpaired) electrons. The molecule has 2 aromatic heterocycles. The van der Waals surface area contributed by atoms with Crippen LogP contribution >= 0.6 is 11.3 Å². The first-order valence-corrected chi connectivity index (χ1v) is 9.67. The van der Waals surface area contributed by atoms with Crippen molar-refractivity contribution in [3.63, 3.8) is 0 Å². The van der Waals surface area contributed by atoms with E-state index in [2.05, 4.69) is 4.98 Å². The number of rotatable bonds is 6. The van der Waals surface area contributed by atoms with E-state index in [9.17, 15) is 32.9 Å². The number of non-ortho nitro benzene ring substituents is 1. The van der Waals surface area contributed by atoms with Crippen LogP contribution in [0.1, 0.15) is 27.9 Å². The summed E-state index contributed by atoms with van der Waals surface area (Å²) in [5.41, 5.74) is -2.97. The van der Waals surface area contributed by atoms with Crippen LogP contribution in [-0.2, 0) is 15.7 Å². The van der Waals surface area contributed by atoms with Gasteiger partial charge in [0.05, 0.1) is 22.4 Å². The summed E-state index contributed by atoms with van der Waals surface area (Å²) in [7, 11) is 0. The molecule has 0 bridgehead atoms. The molecule has 0 saturated carbocycles. The van der Waals surface area contributed by atoms with Crippen molar-refractivity contribution in [2.45, 2.75) is 26.1 Å². The van der Waals surface area contributed by atoms with Gasteiger partial charge in [-0.15, -0.1) is 11.3 Å². The Labute approximate surface area is 182 Å².